The molecule has 0 spiro atoms. The molecule has 3 rings (SSSR count). The highest BCUT2D eigenvalue weighted by atomic mass is 32.2. The van der Waals surface area contributed by atoms with Crippen LogP contribution in [0.4, 0.5) is 4.39 Å². The Hall–Kier alpha value is -3.34. The summed E-state index contributed by atoms with van der Waals surface area (Å²) in [6.45, 7) is 7.28. The molecule has 2 heterocycles. The summed E-state index contributed by atoms with van der Waals surface area (Å²) in [5.74, 6) is -1.63. The van der Waals surface area contributed by atoms with E-state index in [1.54, 1.807) is 24.4 Å². The van der Waals surface area contributed by atoms with Crippen LogP contribution in [0, 0.1) is 5.82 Å². The predicted molar refractivity (Wildman–Crippen MR) is 129 cm³/mol. The van der Waals surface area contributed by atoms with E-state index >= 15 is 0 Å². The summed E-state index contributed by atoms with van der Waals surface area (Å²) < 4.78 is 42.1. The number of nitrogens with zero attached hydrogens (tertiary/aromatic N) is 1. The highest BCUT2D eigenvalue weighted by Crippen LogP contribution is 2.35. The van der Waals surface area contributed by atoms with Crippen molar-refractivity contribution in [2.24, 2.45) is 0 Å². The minimum atomic E-state index is -1.07. The molecule has 11 heteroatoms. The molecule has 1 aromatic carbocycles. The quantitative estimate of drug-likeness (QED) is 0.374. The molecule has 0 saturated carbocycles. The van der Waals surface area contributed by atoms with Crippen molar-refractivity contribution in [1.29, 1.82) is 0 Å². The molecule has 4 atom stereocenters. The van der Waals surface area contributed by atoms with E-state index in [4.69, 9.17) is 23.7 Å². The fourth-order valence-corrected chi connectivity index (χ4v) is 4.83. The molecule has 1 aliphatic rings. The zero-order valence-electron chi connectivity index (χ0n) is 20.6. The zero-order chi connectivity index (χ0) is 26.4. The Morgan fingerprint density at radius 1 is 0.944 bits per heavy atom. The smallest absolute Gasteiger partial charge is 0.303 e. The van der Waals surface area contributed by atoms with Gasteiger partial charge in [0, 0.05) is 38.3 Å². The van der Waals surface area contributed by atoms with Gasteiger partial charge in [0.05, 0.1) is 12.3 Å². The summed E-state index contributed by atoms with van der Waals surface area (Å²) in [6.07, 6.45) is -0.123. The van der Waals surface area contributed by atoms with Crippen LogP contribution in [0.25, 0.3) is 11.1 Å². The first-order valence-corrected chi connectivity index (χ1v) is 12.3. The number of benzene rings is 1. The van der Waals surface area contributed by atoms with E-state index in [0.717, 1.165) is 0 Å². The van der Waals surface area contributed by atoms with Gasteiger partial charge in [-0.3, -0.25) is 19.4 Å². The van der Waals surface area contributed by atoms with Crippen molar-refractivity contribution in [3.63, 3.8) is 0 Å². The van der Waals surface area contributed by atoms with E-state index in [0.29, 0.717) is 16.9 Å². The molecule has 1 aliphatic heterocycles. The van der Waals surface area contributed by atoms with E-state index in [1.807, 2.05) is 13.8 Å². The third-order valence-electron chi connectivity index (χ3n) is 4.90. The summed E-state index contributed by atoms with van der Waals surface area (Å²) in [6, 6.07) is 6.26. The van der Waals surface area contributed by atoms with E-state index in [1.165, 1.54) is 44.8 Å². The van der Waals surface area contributed by atoms with Crippen LogP contribution in [-0.4, -0.2) is 58.5 Å². The largest absolute Gasteiger partial charge is 0.488 e. The van der Waals surface area contributed by atoms with Crippen molar-refractivity contribution in [1.82, 2.24) is 4.98 Å². The molecule has 1 aromatic heterocycles. The molecule has 9 nitrogen and oxygen atoms in total. The average Bonchev–Trinajstić information content (AvgIpc) is 2.78. The molecule has 1 fully saturated rings. The number of ether oxygens (including phenoxy) is 5. The molecule has 0 amide bonds. The number of pyridine rings is 1. The number of carbonyl (C=O) groups excluding carboxylic acids is 3. The summed E-state index contributed by atoms with van der Waals surface area (Å²) in [4.78, 5) is 39.3. The van der Waals surface area contributed by atoms with Crippen LogP contribution in [0.1, 0.15) is 34.6 Å². The highest BCUT2D eigenvalue weighted by molar-refractivity contribution is 7.99. The summed E-state index contributed by atoms with van der Waals surface area (Å²) in [7, 11) is 0. The molecule has 0 N–H and O–H groups in total. The van der Waals surface area contributed by atoms with Crippen LogP contribution in [0.3, 0.4) is 0 Å². The maximum atomic E-state index is 14.5. The number of hydrogen-bond acceptors (Lipinski definition) is 10. The van der Waals surface area contributed by atoms with Gasteiger partial charge in [-0.2, -0.15) is 0 Å². The van der Waals surface area contributed by atoms with E-state index < -0.39 is 47.5 Å². The van der Waals surface area contributed by atoms with Crippen LogP contribution in [0.2, 0.25) is 0 Å². The van der Waals surface area contributed by atoms with E-state index in [-0.39, 0.29) is 17.6 Å². The molecule has 2 aromatic rings. The lowest BCUT2D eigenvalue weighted by molar-refractivity contribution is -0.186. The number of carbonyl (C=O) groups is 3. The number of thioether (sulfide) groups is 1. The van der Waals surface area contributed by atoms with Crippen molar-refractivity contribution in [3.05, 3.63) is 42.5 Å². The number of halogens is 1. The van der Waals surface area contributed by atoms with Crippen molar-refractivity contribution >= 4 is 29.7 Å². The Morgan fingerprint density at radius 3 is 2.22 bits per heavy atom. The molecule has 0 unspecified atom stereocenters. The van der Waals surface area contributed by atoms with Crippen molar-refractivity contribution < 1.29 is 42.5 Å². The van der Waals surface area contributed by atoms with Crippen LogP contribution in [-0.2, 0) is 28.6 Å². The maximum Gasteiger partial charge on any atom is 0.303 e. The second kappa shape index (κ2) is 12.1. The lowest BCUT2D eigenvalue weighted by Crippen LogP contribution is -2.55. The van der Waals surface area contributed by atoms with Crippen molar-refractivity contribution in [2.45, 2.75) is 64.5 Å². The van der Waals surface area contributed by atoms with Gasteiger partial charge >= 0.3 is 17.9 Å². The van der Waals surface area contributed by atoms with Crippen LogP contribution in [0.5, 0.6) is 11.5 Å². The Kier molecular flexibility index (Phi) is 9.14. The Balaban J connectivity index is 1.85. The SMILES string of the molecule is CC(=O)O[C@@H]1[C@@H](OC(C)=O)[C@H](OC(C)=O)CS[C@H]1Oc1cncc(-c2ccc(OC(C)C)c(F)c2)c1. The molecule has 1 saturated heterocycles. The number of rotatable bonds is 8. The summed E-state index contributed by atoms with van der Waals surface area (Å²) >= 11 is 1.23. The fourth-order valence-electron chi connectivity index (χ4n) is 3.62. The summed E-state index contributed by atoms with van der Waals surface area (Å²) in [5, 5.41) is 0. The van der Waals surface area contributed by atoms with Crippen LogP contribution >= 0.6 is 11.8 Å². The molecule has 194 valence electrons. The minimum Gasteiger partial charge on any atom is -0.488 e. The molecule has 0 radical (unpaired) electrons. The van der Waals surface area contributed by atoms with Gasteiger partial charge in [0.2, 0.25) is 0 Å². The third-order valence-corrected chi connectivity index (χ3v) is 6.11. The van der Waals surface area contributed by atoms with Gasteiger partial charge in [-0.1, -0.05) is 6.07 Å². The Bertz CT molecular complexity index is 1110. The van der Waals surface area contributed by atoms with Gasteiger partial charge in [0.25, 0.3) is 0 Å². The minimum absolute atomic E-state index is 0.149. The molecular formula is C25H28FNO8S. The highest BCUT2D eigenvalue weighted by Gasteiger charge is 2.47. The van der Waals surface area contributed by atoms with Crippen LogP contribution < -0.4 is 9.47 Å². The van der Waals surface area contributed by atoms with Crippen molar-refractivity contribution in [3.8, 4) is 22.6 Å². The second-order valence-electron chi connectivity index (χ2n) is 8.34. The number of esters is 3. The van der Waals surface area contributed by atoms with E-state index in [9.17, 15) is 18.8 Å². The first-order chi connectivity index (χ1) is 17.0. The van der Waals surface area contributed by atoms with Gasteiger partial charge in [-0.15, -0.1) is 11.8 Å². The van der Waals surface area contributed by atoms with E-state index in [2.05, 4.69) is 4.98 Å². The van der Waals surface area contributed by atoms with Gasteiger partial charge in [0.15, 0.2) is 35.3 Å². The van der Waals surface area contributed by atoms with Crippen LogP contribution in [0.15, 0.2) is 36.7 Å². The topological polar surface area (TPSA) is 110 Å². The van der Waals surface area contributed by atoms with Crippen molar-refractivity contribution in [2.75, 3.05) is 5.75 Å². The Labute approximate surface area is 212 Å². The predicted octanol–water partition coefficient (Wildman–Crippen LogP) is 3.92. The second-order valence-corrected chi connectivity index (χ2v) is 9.47. The Morgan fingerprint density at radius 2 is 1.61 bits per heavy atom. The lowest BCUT2D eigenvalue weighted by atomic mass is 10.1. The standard InChI is InChI=1S/C25H28FNO8S/c1-13(2)31-21-7-6-17(9-20(21)26)18-8-19(11-27-10-18)35-25-24(34-16(5)30)23(33-15(4)29)22(12-36-25)32-14(3)28/h6-11,13,22-25H,12H2,1-5H3/t22-,23+,24-,25-/m1/s1. The molecule has 36 heavy (non-hydrogen) atoms. The molecule has 0 aliphatic carbocycles. The number of hydrogen-bond donors (Lipinski definition) is 0. The average molecular weight is 522 g/mol. The maximum absolute atomic E-state index is 14.5. The lowest BCUT2D eigenvalue weighted by Gasteiger charge is -2.39. The molecular weight excluding hydrogens is 493 g/mol. The van der Waals surface area contributed by atoms with Gasteiger partial charge in [0.1, 0.15) is 5.75 Å². The molecule has 0 bridgehead atoms. The van der Waals surface area contributed by atoms with Gasteiger partial charge < -0.3 is 23.7 Å². The number of aromatic nitrogens is 1. The summed E-state index contributed by atoms with van der Waals surface area (Å²) in [5.41, 5.74) is 0.337. The monoisotopic (exact) mass is 521 g/mol. The van der Waals surface area contributed by atoms with Gasteiger partial charge in [-0.25, -0.2) is 4.39 Å². The first-order valence-electron chi connectivity index (χ1n) is 11.2. The zero-order valence-corrected chi connectivity index (χ0v) is 21.4. The third kappa shape index (κ3) is 7.33. The normalized spacial score (nSPS) is 21.4. The fraction of sp³-hybridized carbons (Fsp3) is 0.440. The first kappa shape index (κ1) is 27.3. The van der Waals surface area contributed by atoms with Gasteiger partial charge in [-0.05, 0) is 37.6 Å².